The summed E-state index contributed by atoms with van der Waals surface area (Å²) >= 11 is 0. The van der Waals surface area contributed by atoms with E-state index in [1.807, 2.05) is 0 Å². The molecule has 1 fully saturated rings. The van der Waals surface area contributed by atoms with Crippen molar-refractivity contribution < 1.29 is 14.3 Å². The predicted molar refractivity (Wildman–Crippen MR) is 56.6 cm³/mol. The number of hydrogen-bond acceptors (Lipinski definition) is 5. The topological polar surface area (TPSA) is 133 Å². The van der Waals surface area contributed by atoms with Crippen LogP contribution in [0.2, 0.25) is 0 Å². The van der Waals surface area contributed by atoms with Crippen LogP contribution in [0.25, 0.3) is 20.9 Å². The Bertz CT molecular complexity index is 373. The number of hydrogen-bond donors (Lipinski definition) is 0. The van der Waals surface area contributed by atoms with Crippen molar-refractivity contribution in [2.75, 3.05) is 6.54 Å². The lowest BCUT2D eigenvalue weighted by Gasteiger charge is -2.32. The van der Waals surface area contributed by atoms with Crippen molar-refractivity contribution in [3.05, 3.63) is 20.9 Å². The van der Waals surface area contributed by atoms with Gasteiger partial charge >= 0.3 is 5.97 Å². The molecule has 1 aliphatic heterocycles. The van der Waals surface area contributed by atoms with Gasteiger partial charge in [0.1, 0.15) is 0 Å². The second kappa shape index (κ2) is 6.59. The lowest BCUT2D eigenvalue weighted by atomic mass is 10.0. The summed E-state index contributed by atoms with van der Waals surface area (Å²) in [6.07, 6.45) is -0.120. The Morgan fingerprint density at radius 1 is 1.47 bits per heavy atom. The molecule has 1 rings (SSSR count). The number of rotatable bonds is 4. The normalized spacial score (nSPS) is 27.5. The molecule has 0 aromatic carbocycles. The monoisotopic (exact) mass is 240 g/mol. The highest BCUT2D eigenvalue weighted by molar-refractivity contribution is 5.66. The van der Waals surface area contributed by atoms with E-state index >= 15 is 0 Å². The molecule has 0 aliphatic carbocycles. The molecule has 9 heteroatoms. The van der Waals surface area contributed by atoms with Crippen molar-refractivity contribution in [1.82, 2.24) is 0 Å². The molecule has 17 heavy (non-hydrogen) atoms. The van der Waals surface area contributed by atoms with Gasteiger partial charge in [-0.25, -0.2) is 0 Å². The van der Waals surface area contributed by atoms with Crippen molar-refractivity contribution >= 4 is 5.97 Å². The average Bonchev–Trinajstić information content (AvgIpc) is 2.29. The van der Waals surface area contributed by atoms with Crippen LogP contribution in [0.15, 0.2) is 10.2 Å². The van der Waals surface area contributed by atoms with Crippen LogP contribution in [0.3, 0.4) is 0 Å². The van der Waals surface area contributed by atoms with E-state index in [4.69, 9.17) is 20.5 Å². The third kappa shape index (κ3) is 4.20. The molecule has 0 radical (unpaired) electrons. The summed E-state index contributed by atoms with van der Waals surface area (Å²) in [5.74, 6) is -0.516. The Kier molecular flexibility index (Phi) is 5.09. The third-order valence-electron chi connectivity index (χ3n) is 2.26. The van der Waals surface area contributed by atoms with Crippen molar-refractivity contribution in [3.63, 3.8) is 0 Å². The molecule has 9 nitrogen and oxygen atoms in total. The van der Waals surface area contributed by atoms with Gasteiger partial charge in [-0.05, 0) is 23.9 Å². The van der Waals surface area contributed by atoms with E-state index in [-0.39, 0.29) is 12.6 Å². The zero-order valence-electron chi connectivity index (χ0n) is 9.26. The fourth-order valence-corrected chi connectivity index (χ4v) is 1.55. The molecule has 0 N–H and O–H groups in total. The van der Waals surface area contributed by atoms with Crippen molar-refractivity contribution in [3.8, 4) is 0 Å². The van der Waals surface area contributed by atoms with Crippen LogP contribution in [0.4, 0.5) is 0 Å². The highest BCUT2D eigenvalue weighted by Crippen LogP contribution is 2.23. The quantitative estimate of drug-likeness (QED) is 0.322. The first-order valence-corrected chi connectivity index (χ1v) is 5.05. The summed E-state index contributed by atoms with van der Waals surface area (Å²) in [4.78, 5) is 16.2. The smallest absolute Gasteiger partial charge is 0.304 e. The fourth-order valence-electron chi connectivity index (χ4n) is 1.55. The lowest BCUT2D eigenvalue weighted by Crippen LogP contribution is -2.41. The molecule has 1 aliphatic rings. The zero-order valence-corrected chi connectivity index (χ0v) is 9.26. The SMILES string of the molecule is CC(=O)O[C@@H]1O[C@H](CN=[N+]=[N-])CC[C@@H]1N=[N+]=[N-]. The first kappa shape index (κ1) is 13.1. The third-order valence-corrected chi connectivity index (χ3v) is 2.26. The highest BCUT2D eigenvalue weighted by Gasteiger charge is 2.32. The first-order valence-electron chi connectivity index (χ1n) is 5.05. The van der Waals surface area contributed by atoms with Gasteiger partial charge in [0.05, 0.1) is 18.7 Å². The summed E-state index contributed by atoms with van der Waals surface area (Å²) in [6.45, 7) is 1.41. The van der Waals surface area contributed by atoms with E-state index in [1.54, 1.807) is 0 Å². The summed E-state index contributed by atoms with van der Waals surface area (Å²) in [6, 6.07) is -0.536. The van der Waals surface area contributed by atoms with Gasteiger partial charge in [0, 0.05) is 16.7 Å². The van der Waals surface area contributed by atoms with Gasteiger partial charge in [0.15, 0.2) is 0 Å². The average molecular weight is 240 g/mol. The molecule has 0 amide bonds. The fraction of sp³-hybridized carbons (Fsp3) is 0.875. The Morgan fingerprint density at radius 3 is 2.82 bits per heavy atom. The van der Waals surface area contributed by atoms with Crippen LogP contribution >= 0.6 is 0 Å². The zero-order chi connectivity index (χ0) is 12.7. The van der Waals surface area contributed by atoms with E-state index in [0.29, 0.717) is 12.8 Å². The molecule has 0 bridgehead atoms. The minimum absolute atomic E-state index is 0.164. The van der Waals surface area contributed by atoms with Crippen molar-refractivity contribution in [2.45, 2.75) is 38.2 Å². The summed E-state index contributed by atoms with van der Waals surface area (Å²) in [5.41, 5.74) is 16.6. The van der Waals surface area contributed by atoms with E-state index in [9.17, 15) is 4.79 Å². The molecular weight excluding hydrogens is 228 g/mol. The number of ether oxygens (including phenoxy) is 2. The lowest BCUT2D eigenvalue weighted by molar-refractivity contribution is -0.204. The number of esters is 1. The number of azide groups is 2. The molecule has 1 heterocycles. The van der Waals surface area contributed by atoms with E-state index in [2.05, 4.69) is 20.1 Å². The maximum Gasteiger partial charge on any atom is 0.304 e. The minimum Gasteiger partial charge on any atom is -0.435 e. The Hall–Kier alpha value is -1.95. The van der Waals surface area contributed by atoms with Gasteiger partial charge in [-0.2, -0.15) is 0 Å². The molecule has 1 saturated heterocycles. The second-order valence-corrected chi connectivity index (χ2v) is 3.50. The molecule has 92 valence electrons. The van der Waals surface area contributed by atoms with Gasteiger partial charge in [-0.3, -0.25) is 4.79 Å². The summed E-state index contributed by atoms with van der Waals surface area (Å²) in [7, 11) is 0. The highest BCUT2D eigenvalue weighted by atomic mass is 16.7. The Morgan fingerprint density at radius 2 is 2.24 bits per heavy atom. The van der Waals surface area contributed by atoms with Crippen LogP contribution < -0.4 is 0 Å². The number of nitrogens with zero attached hydrogens (tertiary/aromatic N) is 6. The summed E-state index contributed by atoms with van der Waals surface area (Å²) in [5, 5.41) is 6.90. The van der Waals surface area contributed by atoms with Gasteiger partial charge in [0.25, 0.3) is 0 Å². The maximum atomic E-state index is 10.9. The Labute approximate surface area is 96.9 Å². The maximum absolute atomic E-state index is 10.9. The van der Waals surface area contributed by atoms with Gasteiger partial charge in [0.2, 0.25) is 6.29 Å². The molecule has 3 atom stereocenters. The van der Waals surface area contributed by atoms with Crippen molar-refractivity contribution in [2.24, 2.45) is 10.2 Å². The van der Waals surface area contributed by atoms with E-state index in [1.165, 1.54) is 6.92 Å². The van der Waals surface area contributed by atoms with Crippen LogP contribution in [0.5, 0.6) is 0 Å². The minimum atomic E-state index is -0.906. The van der Waals surface area contributed by atoms with Gasteiger partial charge in [-0.15, -0.1) is 0 Å². The molecular formula is C8H12N6O3. The molecule has 0 unspecified atom stereocenters. The summed E-state index contributed by atoms with van der Waals surface area (Å²) < 4.78 is 10.3. The molecule has 0 aromatic rings. The van der Waals surface area contributed by atoms with Gasteiger partial charge < -0.3 is 9.47 Å². The second-order valence-electron chi connectivity index (χ2n) is 3.50. The molecule has 0 aromatic heterocycles. The van der Waals surface area contributed by atoms with E-state index < -0.39 is 18.3 Å². The van der Waals surface area contributed by atoms with Crippen LogP contribution in [0, 0.1) is 0 Å². The van der Waals surface area contributed by atoms with Crippen LogP contribution in [-0.4, -0.2) is 30.9 Å². The van der Waals surface area contributed by atoms with Crippen molar-refractivity contribution in [1.29, 1.82) is 0 Å². The first-order chi connectivity index (χ1) is 8.17. The molecule has 0 saturated carbocycles. The largest absolute Gasteiger partial charge is 0.435 e. The van der Waals surface area contributed by atoms with E-state index in [0.717, 1.165) is 0 Å². The van der Waals surface area contributed by atoms with Gasteiger partial charge in [-0.1, -0.05) is 10.2 Å². The number of carbonyl (C=O) groups excluding carboxylic acids is 1. The van der Waals surface area contributed by atoms with Crippen LogP contribution in [-0.2, 0) is 14.3 Å². The predicted octanol–water partition coefficient (Wildman–Crippen LogP) is 2.04. The molecule has 0 spiro atoms. The van der Waals surface area contributed by atoms with Crippen LogP contribution in [0.1, 0.15) is 19.8 Å². The number of carbonyl (C=O) groups is 1. The standard InChI is InChI=1S/C8H12N6O3/c1-5(15)16-8-7(12-14-10)3-2-6(17-8)4-11-13-9/h6-8H,2-4H2,1H3/t6-,7-,8+/m0/s1. The Balaban J connectivity index is 2.64.